The molecule has 0 unspecified atom stereocenters. The van der Waals surface area contributed by atoms with Crippen LogP contribution in [0.5, 0.6) is 0 Å². The van der Waals surface area contributed by atoms with Gasteiger partial charge in [-0.05, 0) is 44.7 Å². The van der Waals surface area contributed by atoms with Crippen molar-refractivity contribution in [3.63, 3.8) is 0 Å². The lowest BCUT2D eigenvalue weighted by Crippen LogP contribution is -2.34. The Labute approximate surface area is 155 Å². The fraction of sp³-hybridized carbons (Fsp3) is 0.476. The maximum Gasteiger partial charge on any atom is 0.136 e. The average molecular weight is 349 g/mol. The lowest BCUT2D eigenvalue weighted by Gasteiger charge is -2.35. The largest absolute Gasteiger partial charge is 0.371 e. The molecule has 1 aliphatic rings. The van der Waals surface area contributed by atoms with E-state index in [1.165, 1.54) is 16.6 Å². The van der Waals surface area contributed by atoms with Crippen LogP contribution in [0.3, 0.4) is 0 Å². The summed E-state index contributed by atoms with van der Waals surface area (Å²) in [6.45, 7) is 9.59. The van der Waals surface area contributed by atoms with Gasteiger partial charge in [-0.2, -0.15) is 0 Å². The first-order valence-corrected chi connectivity index (χ1v) is 9.73. The van der Waals surface area contributed by atoms with E-state index in [1.54, 1.807) is 0 Å². The molecule has 1 aromatic carbocycles. The highest BCUT2D eigenvalue weighted by molar-refractivity contribution is 5.94. The Hall–Kier alpha value is -2.43. The van der Waals surface area contributed by atoms with E-state index in [9.17, 15) is 0 Å². The van der Waals surface area contributed by atoms with Crippen molar-refractivity contribution in [3.05, 3.63) is 47.7 Å². The molecule has 1 aliphatic heterocycles. The van der Waals surface area contributed by atoms with Crippen molar-refractivity contribution in [1.82, 2.24) is 19.7 Å². The van der Waals surface area contributed by atoms with Crippen LogP contribution in [0.25, 0.3) is 10.9 Å². The van der Waals surface area contributed by atoms with Gasteiger partial charge >= 0.3 is 0 Å². The molecule has 0 amide bonds. The number of aryl methyl sites for hydroxylation is 2. The Balaban J connectivity index is 1.65. The Morgan fingerprint density at radius 1 is 1.12 bits per heavy atom. The van der Waals surface area contributed by atoms with E-state index in [0.717, 1.165) is 55.9 Å². The van der Waals surface area contributed by atoms with Gasteiger partial charge in [0.2, 0.25) is 0 Å². The molecular weight excluding hydrogens is 322 g/mol. The summed E-state index contributed by atoms with van der Waals surface area (Å²) in [4.78, 5) is 7.40. The van der Waals surface area contributed by atoms with E-state index < -0.39 is 0 Å². The number of anilines is 1. The fourth-order valence-electron chi connectivity index (χ4n) is 4.32. The predicted octanol–water partition coefficient (Wildman–Crippen LogP) is 4.10. The minimum atomic E-state index is 0.507. The standard InChI is InChI=1S/C21H27N5/c1-4-17-15(3)23-19-9-7-6-8-18(19)20(17)26-12-10-16(11-13-26)21-24-22-14-25(21)5-2/h6-9,14,16H,4-5,10-13H2,1-3H3. The van der Waals surface area contributed by atoms with Gasteiger partial charge in [-0.1, -0.05) is 25.1 Å². The summed E-state index contributed by atoms with van der Waals surface area (Å²) in [5.74, 6) is 1.66. The lowest BCUT2D eigenvalue weighted by atomic mass is 9.93. The Kier molecular flexibility index (Phi) is 4.62. The highest BCUT2D eigenvalue weighted by atomic mass is 15.3. The number of hydrogen-bond acceptors (Lipinski definition) is 4. The van der Waals surface area contributed by atoms with Crippen LogP contribution in [0.4, 0.5) is 5.69 Å². The molecule has 3 aromatic rings. The van der Waals surface area contributed by atoms with Crippen molar-refractivity contribution < 1.29 is 0 Å². The monoisotopic (exact) mass is 349 g/mol. The van der Waals surface area contributed by atoms with Gasteiger partial charge in [0.25, 0.3) is 0 Å². The Morgan fingerprint density at radius 2 is 1.88 bits per heavy atom. The second kappa shape index (κ2) is 7.06. The van der Waals surface area contributed by atoms with E-state index in [0.29, 0.717) is 5.92 Å². The molecule has 136 valence electrons. The van der Waals surface area contributed by atoms with Crippen LogP contribution in [-0.4, -0.2) is 32.8 Å². The van der Waals surface area contributed by atoms with E-state index >= 15 is 0 Å². The highest BCUT2D eigenvalue weighted by Crippen LogP contribution is 2.36. The smallest absolute Gasteiger partial charge is 0.136 e. The number of hydrogen-bond donors (Lipinski definition) is 0. The van der Waals surface area contributed by atoms with Crippen molar-refractivity contribution in [2.24, 2.45) is 0 Å². The SMILES string of the molecule is CCc1c(C)nc2ccccc2c1N1CCC(c2nncn2CC)CC1. The first-order valence-electron chi connectivity index (χ1n) is 9.73. The number of aromatic nitrogens is 4. The number of para-hydroxylation sites is 1. The summed E-state index contributed by atoms with van der Waals surface area (Å²) >= 11 is 0. The molecule has 0 bridgehead atoms. The summed E-state index contributed by atoms with van der Waals surface area (Å²) in [7, 11) is 0. The molecule has 2 aromatic heterocycles. The average Bonchev–Trinajstić information content (AvgIpc) is 3.16. The van der Waals surface area contributed by atoms with Crippen LogP contribution in [0.1, 0.15) is 49.7 Å². The molecule has 26 heavy (non-hydrogen) atoms. The van der Waals surface area contributed by atoms with Crippen LogP contribution in [0.2, 0.25) is 0 Å². The summed E-state index contributed by atoms with van der Waals surface area (Å²) in [6, 6.07) is 8.55. The topological polar surface area (TPSA) is 46.8 Å². The molecule has 1 fully saturated rings. The van der Waals surface area contributed by atoms with E-state index in [2.05, 4.69) is 64.7 Å². The zero-order valence-corrected chi connectivity index (χ0v) is 15.9. The number of nitrogens with zero attached hydrogens (tertiary/aromatic N) is 5. The minimum absolute atomic E-state index is 0.507. The maximum atomic E-state index is 4.83. The molecule has 0 saturated carbocycles. The molecule has 5 heteroatoms. The van der Waals surface area contributed by atoms with Crippen molar-refractivity contribution in [3.8, 4) is 0 Å². The Morgan fingerprint density at radius 3 is 2.62 bits per heavy atom. The van der Waals surface area contributed by atoms with Gasteiger partial charge in [-0.25, -0.2) is 0 Å². The first-order chi connectivity index (χ1) is 12.7. The lowest BCUT2D eigenvalue weighted by molar-refractivity contribution is 0.467. The van der Waals surface area contributed by atoms with Crippen LogP contribution in [-0.2, 0) is 13.0 Å². The number of benzene rings is 1. The van der Waals surface area contributed by atoms with Crippen molar-refractivity contribution >= 4 is 16.6 Å². The molecule has 4 rings (SSSR count). The van der Waals surface area contributed by atoms with E-state index in [-0.39, 0.29) is 0 Å². The number of pyridine rings is 1. The molecule has 0 aliphatic carbocycles. The summed E-state index contributed by atoms with van der Waals surface area (Å²) < 4.78 is 2.18. The minimum Gasteiger partial charge on any atom is -0.371 e. The molecule has 0 spiro atoms. The van der Waals surface area contributed by atoms with Gasteiger partial charge in [0.1, 0.15) is 12.2 Å². The van der Waals surface area contributed by atoms with E-state index in [4.69, 9.17) is 4.98 Å². The van der Waals surface area contributed by atoms with Gasteiger partial charge in [-0.3, -0.25) is 4.98 Å². The Bertz CT molecular complexity index is 906. The van der Waals surface area contributed by atoms with Crippen LogP contribution < -0.4 is 4.90 Å². The third kappa shape index (κ3) is 2.85. The highest BCUT2D eigenvalue weighted by Gasteiger charge is 2.26. The third-order valence-corrected chi connectivity index (χ3v) is 5.69. The molecule has 0 N–H and O–H groups in total. The van der Waals surface area contributed by atoms with Crippen molar-refractivity contribution in [1.29, 1.82) is 0 Å². The summed E-state index contributed by atoms with van der Waals surface area (Å²) in [5.41, 5.74) is 5.05. The zero-order chi connectivity index (χ0) is 18.1. The van der Waals surface area contributed by atoms with Gasteiger partial charge in [0, 0.05) is 36.6 Å². The molecule has 5 nitrogen and oxygen atoms in total. The third-order valence-electron chi connectivity index (χ3n) is 5.69. The zero-order valence-electron chi connectivity index (χ0n) is 15.9. The van der Waals surface area contributed by atoms with Gasteiger partial charge in [0.15, 0.2) is 0 Å². The predicted molar refractivity (Wildman–Crippen MR) is 106 cm³/mol. The quantitative estimate of drug-likeness (QED) is 0.711. The summed E-state index contributed by atoms with van der Waals surface area (Å²) in [6.07, 6.45) is 5.12. The molecule has 1 saturated heterocycles. The second-order valence-electron chi connectivity index (χ2n) is 7.13. The van der Waals surface area contributed by atoms with Crippen LogP contribution in [0, 0.1) is 6.92 Å². The van der Waals surface area contributed by atoms with Gasteiger partial charge < -0.3 is 9.47 Å². The van der Waals surface area contributed by atoms with Gasteiger partial charge in [-0.15, -0.1) is 10.2 Å². The fourth-order valence-corrected chi connectivity index (χ4v) is 4.32. The normalized spacial score (nSPS) is 15.7. The van der Waals surface area contributed by atoms with Gasteiger partial charge in [0.05, 0.1) is 11.2 Å². The second-order valence-corrected chi connectivity index (χ2v) is 7.13. The molecule has 3 heterocycles. The molecule has 0 radical (unpaired) electrons. The van der Waals surface area contributed by atoms with E-state index in [1.807, 2.05) is 6.33 Å². The maximum absolute atomic E-state index is 4.83. The number of rotatable bonds is 4. The van der Waals surface area contributed by atoms with Crippen molar-refractivity contribution in [2.75, 3.05) is 18.0 Å². The van der Waals surface area contributed by atoms with Crippen LogP contribution >= 0.6 is 0 Å². The van der Waals surface area contributed by atoms with Crippen LogP contribution in [0.15, 0.2) is 30.6 Å². The van der Waals surface area contributed by atoms with Crippen molar-refractivity contribution in [2.45, 2.75) is 52.5 Å². The molecule has 0 atom stereocenters. The number of fused-ring (bicyclic) bond motifs is 1. The molecular formula is C21H27N5. The summed E-state index contributed by atoms with van der Waals surface area (Å²) in [5, 5.41) is 9.79. The number of piperidine rings is 1. The first kappa shape index (κ1) is 17.0.